The molecule has 0 bridgehead atoms. The highest BCUT2D eigenvalue weighted by Gasteiger charge is 2.50. The standard InChI is InChI=1S/C16H19N3OS/c1-4-20-14-8-13(16(14,2)3)19-12-7-10(9-17)5-6-11(12)18-15(19)21/h5-7,13-14H,4,8H2,1-3H3,(H,18,21). The Hall–Kier alpha value is -1.64. The van der Waals surface area contributed by atoms with Gasteiger partial charge in [0.05, 0.1) is 28.8 Å². The van der Waals surface area contributed by atoms with Crippen LogP contribution in [0.1, 0.15) is 38.8 Å². The van der Waals surface area contributed by atoms with Gasteiger partial charge in [-0.15, -0.1) is 0 Å². The number of nitrogens with zero attached hydrogens (tertiary/aromatic N) is 2. The molecule has 4 nitrogen and oxygen atoms in total. The lowest BCUT2D eigenvalue weighted by Gasteiger charge is -2.52. The second-order valence-corrected chi connectivity index (χ2v) is 6.55. The van der Waals surface area contributed by atoms with Crippen LogP contribution < -0.4 is 0 Å². The van der Waals surface area contributed by atoms with E-state index in [4.69, 9.17) is 22.2 Å². The Balaban J connectivity index is 2.08. The molecule has 0 aliphatic heterocycles. The first kappa shape index (κ1) is 14.3. The van der Waals surface area contributed by atoms with Crippen LogP contribution in [0.15, 0.2) is 18.2 Å². The monoisotopic (exact) mass is 301 g/mol. The molecule has 1 saturated carbocycles. The van der Waals surface area contributed by atoms with Crippen LogP contribution in [0, 0.1) is 21.5 Å². The number of fused-ring (bicyclic) bond motifs is 1. The fraction of sp³-hybridized carbons (Fsp3) is 0.500. The quantitative estimate of drug-likeness (QED) is 0.873. The van der Waals surface area contributed by atoms with E-state index >= 15 is 0 Å². The lowest BCUT2D eigenvalue weighted by Crippen LogP contribution is -2.51. The largest absolute Gasteiger partial charge is 0.378 e. The third-order valence-corrected chi connectivity index (χ3v) is 4.95. The molecule has 2 aromatic rings. The predicted octanol–water partition coefficient (Wildman–Crippen LogP) is 3.95. The molecule has 0 saturated heterocycles. The Labute approximate surface area is 129 Å². The topological polar surface area (TPSA) is 53.7 Å². The van der Waals surface area contributed by atoms with Crippen molar-refractivity contribution in [2.24, 2.45) is 5.41 Å². The molecule has 110 valence electrons. The number of nitrogens with one attached hydrogen (secondary N) is 1. The summed E-state index contributed by atoms with van der Waals surface area (Å²) in [5.41, 5.74) is 2.68. The number of rotatable bonds is 3. The van der Waals surface area contributed by atoms with Gasteiger partial charge in [0, 0.05) is 18.1 Å². The van der Waals surface area contributed by atoms with E-state index in [1.165, 1.54) is 0 Å². The van der Waals surface area contributed by atoms with Crippen molar-refractivity contribution in [3.05, 3.63) is 28.5 Å². The lowest BCUT2D eigenvalue weighted by atomic mass is 9.64. The predicted molar refractivity (Wildman–Crippen MR) is 84.7 cm³/mol. The average Bonchev–Trinajstić information content (AvgIpc) is 2.78. The Bertz CT molecular complexity index is 781. The molecule has 1 N–H and O–H groups in total. The Morgan fingerprint density at radius 2 is 2.29 bits per heavy atom. The zero-order chi connectivity index (χ0) is 15.2. The highest BCUT2D eigenvalue weighted by molar-refractivity contribution is 7.71. The van der Waals surface area contributed by atoms with Crippen molar-refractivity contribution >= 4 is 23.3 Å². The number of nitriles is 1. The molecule has 1 aliphatic carbocycles. The lowest BCUT2D eigenvalue weighted by molar-refractivity contribution is -0.127. The smallest absolute Gasteiger partial charge is 0.178 e. The summed E-state index contributed by atoms with van der Waals surface area (Å²) in [6.45, 7) is 7.20. The van der Waals surface area contributed by atoms with Crippen LogP contribution in [0.4, 0.5) is 0 Å². The summed E-state index contributed by atoms with van der Waals surface area (Å²) in [7, 11) is 0. The molecule has 1 aromatic carbocycles. The van der Waals surface area contributed by atoms with Crippen molar-refractivity contribution < 1.29 is 4.74 Å². The fourth-order valence-corrected chi connectivity index (χ4v) is 3.62. The van der Waals surface area contributed by atoms with E-state index in [0.717, 1.165) is 24.1 Å². The molecule has 2 atom stereocenters. The molecule has 0 radical (unpaired) electrons. The molecule has 0 spiro atoms. The van der Waals surface area contributed by atoms with Crippen molar-refractivity contribution in [2.45, 2.75) is 39.3 Å². The van der Waals surface area contributed by atoms with Gasteiger partial charge >= 0.3 is 0 Å². The third-order valence-electron chi connectivity index (χ3n) is 4.65. The van der Waals surface area contributed by atoms with E-state index in [0.29, 0.717) is 16.4 Å². The zero-order valence-corrected chi connectivity index (χ0v) is 13.3. The summed E-state index contributed by atoms with van der Waals surface area (Å²) >= 11 is 5.50. The van der Waals surface area contributed by atoms with Gasteiger partial charge in [-0.2, -0.15) is 5.26 Å². The number of hydrogen-bond donors (Lipinski definition) is 1. The molecule has 1 aromatic heterocycles. The van der Waals surface area contributed by atoms with Gasteiger partial charge < -0.3 is 14.3 Å². The zero-order valence-electron chi connectivity index (χ0n) is 12.5. The van der Waals surface area contributed by atoms with Crippen LogP contribution in [-0.4, -0.2) is 22.3 Å². The van der Waals surface area contributed by atoms with Crippen molar-refractivity contribution in [1.82, 2.24) is 9.55 Å². The summed E-state index contributed by atoms with van der Waals surface area (Å²) in [6.07, 6.45) is 1.22. The molecule has 21 heavy (non-hydrogen) atoms. The molecule has 3 rings (SSSR count). The van der Waals surface area contributed by atoms with E-state index in [1.54, 1.807) is 0 Å². The molecule has 0 amide bonds. The van der Waals surface area contributed by atoms with Gasteiger partial charge in [-0.1, -0.05) is 13.8 Å². The van der Waals surface area contributed by atoms with Crippen LogP contribution in [0.5, 0.6) is 0 Å². The van der Waals surface area contributed by atoms with Crippen molar-refractivity contribution in [3.8, 4) is 6.07 Å². The molecule has 2 unspecified atom stereocenters. The van der Waals surface area contributed by atoms with Gasteiger partial charge in [-0.05, 0) is 43.8 Å². The van der Waals surface area contributed by atoms with Crippen molar-refractivity contribution in [2.75, 3.05) is 6.61 Å². The molecule has 1 fully saturated rings. The summed E-state index contributed by atoms with van der Waals surface area (Å²) in [6, 6.07) is 8.13. The van der Waals surface area contributed by atoms with E-state index in [1.807, 2.05) is 25.1 Å². The fourth-order valence-electron chi connectivity index (χ4n) is 3.29. The van der Waals surface area contributed by atoms with Crippen LogP contribution >= 0.6 is 12.2 Å². The molecule has 5 heteroatoms. The van der Waals surface area contributed by atoms with E-state index < -0.39 is 0 Å². The first-order valence-corrected chi connectivity index (χ1v) is 7.65. The van der Waals surface area contributed by atoms with Gasteiger partial charge in [0.25, 0.3) is 0 Å². The van der Waals surface area contributed by atoms with Crippen molar-refractivity contribution in [3.63, 3.8) is 0 Å². The second kappa shape index (κ2) is 4.97. The van der Waals surface area contributed by atoms with Gasteiger partial charge in [-0.3, -0.25) is 0 Å². The number of hydrogen-bond acceptors (Lipinski definition) is 3. The average molecular weight is 301 g/mol. The number of aromatic nitrogens is 2. The van der Waals surface area contributed by atoms with Gasteiger partial charge in [0.1, 0.15) is 0 Å². The third kappa shape index (κ3) is 2.10. The summed E-state index contributed by atoms with van der Waals surface area (Å²) in [5, 5.41) is 9.10. The number of benzene rings is 1. The normalized spacial score (nSPS) is 23.7. The van der Waals surface area contributed by atoms with E-state index in [-0.39, 0.29) is 11.5 Å². The van der Waals surface area contributed by atoms with Crippen LogP contribution in [-0.2, 0) is 4.74 Å². The minimum absolute atomic E-state index is 0.0337. The molecular formula is C16H19N3OS. The summed E-state index contributed by atoms with van der Waals surface area (Å²) in [4.78, 5) is 3.24. The summed E-state index contributed by atoms with van der Waals surface area (Å²) < 4.78 is 8.68. The highest BCUT2D eigenvalue weighted by atomic mass is 32.1. The highest BCUT2D eigenvalue weighted by Crippen LogP contribution is 2.52. The minimum atomic E-state index is 0.0337. The molecular weight excluding hydrogens is 282 g/mol. The number of ether oxygens (including phenoxy) is 1. The van der Waals surface area contributed by atoms with Crippen LogP contribution in [0.25, 0.3) is 11.0 Å². The van der Waals surface area contributed by atoms with Gasteiger partial charge in [0.15, 0.2) is 4.77 Å². The first-order valence-electron chi connectivity index (χ1n) is 7.25. The molecule has 1 heterocycles. The van der Waals surface area contributed by atoms with Gasteiger partial charge in [0.2, 0.25) is 0 Å². The maximum absolute atomic E-state index is 9.10. The molecule has 1 aliphatic rings. The van der Waals surface area contributed by atoms with Crippen molar-refractivity contribution in [1.29, 1.82) is 5.26 Å². The van der Waals surface area contributed by atoms with Gasteiger partial charge in [-0.25, -0.2) is 0 Å². The van der Waals surface area contributed by atoms with E-state index in [2.05, 4.69) is 29.5 Å². The number of H-pyrrole nitrogens is 1. The second-order valence-electron chi connectivity index (χ2n) is 6.16. The SMILES string of the molecule is CCOC1CC(n2c(=S)[nH]c3ccc(C#N)cc32)C1(C)C. The maximum Gasteiger partial charge on any atom is 0.178 e. The maximum atomic E-state index is 9.10. The minimum Gasteiger partial charge on any atom is -0.378 e. The Morgan fingerprint density at radius 3 is 2.90 bits per heavy atom. The Kier molecular flexibility index (Phi) is 3.39. The Morgan fingerprint density at radius 1 is 1.52 bits per heavy atom. The number of imidazole rings is 1. The van der Waals surface area contributed by atoms with E-state index in [9.17, 15) is 0 Å². The van der Waals surface area contributed by atoms with Crippen LogP contribution in [0.3, 0.4) is 0 Å². The number of aromatic amines is 1. The summed E-state index contributed by atoms with van der Waals surface area (Å²) in [5.74, 6) is 0. The first-order chi connectivity index (χ1) is 9.98. The van der Waals surface area contributed by atoms with Crippen LogP contribution in [0.2, 0.25) is 0 Å².